The molecule has 0 unspecified atom stereocenters. The van der Waals surface area contributed by atoms with Gasteiger partial charge in [-0.1, -0.05) is 12.1 Å². The van der Waals surface area contributed by atoms with Crippen molar-refractivity contribution >= 4 is 11.9 Å². The predicted octanol–water partition coefficient (Wildman–Crippen LogP) is 0.865. The normalized spacial score (nSPS) is 9.94. The molecule has 0 radical (unpaired) electrons. The van der Waals surface area contributed by atoms with Crippen molar-refractivity contribution in [3.8, 4) is 0 Å². The molecule has 1 aromatic rings. The molecule has 0 saturated carbocycles. The Balaban J connectivity index is 2.56. The number of hydrogen-bond acceptors (Lipinski definition) is 4. The number of ether oxygens (including phenoxy) is 2. The van der Waals surface area contributed by atoms with E-state index in [1.54, 1.807) is 25.3 Å². The summed E-state index contributed by atoms with van der Waals surface area (Å²) in [6.45, 7) is 0.436. The fourth-order valence-corrected chi connectivity index (χ4v) is 1.28. The molecule has 1 rings (SSSR count). The molecule has 5 heteroatoms. The Labute approximate surface area is 99.5 Å². The van der Waals surface area contributed by atoms with Crippen molar-refractivity contribution < 1.29 is 19.1 Å². The first-order valence-corrected chi connectivity index (χ1v) is 5.17. The van der Waals surface area contributed by atoms with Crippen LogP contribution in [0.5, 0.6) is 0 Å². The Morgan fingerprint density at radius 2 is 2.12 bits per heavy atom. The van der Waals surface area contributed by atoms with Crippen molar-refractivity contribution in [3.63, 3.8) is 0 Å². The van der Waals surface area contributed by atoms with Gasteiger partial charge in [0.1, 0.15) is 6.61 Å². The number of carbonyl (C=O) groups is 2. The van der Waals surface area contributed by atoms with E-state index in [4.69, 9.17) is 15.2 Å². The number of methoxy groups -OCH3 is 1. The molecule has 0 aliphatic rings. The molecule has 92 valence electrons. The molecule has 0 aromatic heterocycles. The maximum atomic E-state index is 11.6. The fourth-order valence-electron chi connectivity index (χ4n) is 1.28. The standard InChI is InChI=1S/C12H15NO4/c1-16-8-9-3-2-4-10(7-9)12(15)17-6-5-11(13)14/h2-4,7H,5-6,8H2,1H3,(H2,13,14). The summed E-state index contributed by atoms with van der Waals surface area (Å²) in [5.74, 6) is -0.963. The van der Waals surface area contributed by atoms with Crippen molar-refractivity contribution in [2.45, 2.75) is 13.0 Å². The first-order chi connectivity index (χ1) is 8.13. The highest BCUT2D eigenvalue weighted by Gasteiger charge is 2.08. The largest absolute Gasteiger partial charge is 0.462 e. The highest BCUT2D eigenvalue weighted by molar-refractivity contribution is 5.89. The van der Waals surface area contributed by atoms with Crippen molar-refractivity contribution in [1.29, 1.82) is 0 Å². The molecule has 5 nitrogen and oxygen atoms in total. The first-order valence-electron chi connectivity index (χ1n) is 5.17. The molecule has 0 spiro atoms. The van der Waals surface area contributed by atoms with Gasteiger partial charge in [-0.2, -0.15) is 0 Å². The van der Waals surface area contributed by atoms with Crippen molar-refractivity contribution in [3.05, 3.63) is 35.4 Å². The number of carbonyl (C=O) groups excluding carboxylic acids is 2. The summed E-state index contributed by atoms with van der Waals surface area (Å²) in [6.07, 6.45) is 0.0313. The fraction of sp³-hybridized carbons (Fsp3) is 0.333. The minimum Gasteiger partial charge on any atom is -0.462 e. The van der Waals surface area contributed by atoms with E-state index in [-0.39, 0.29) is 13.0 Å². The number of rotatable bonds is 6. The van der Waals surface area contributed by atoms with Crippen LogP contribution in [0.15, 0.2) is 24.3 Å². The van der Waals surface area contributed by atoms with Crippen LogP contribution in [0.4, 0.5) is 0 Å². The van der Waals surface area contributed by atoms with Crippen LogP contribution < -0.4 is 5.73 Å². The average molecular weight is 237 g/mol. The van der Waals surface area contributed by atoms with E-state index >= 15 is 0 Å². The van der Waals surface area contributed by atoms with Gasteiger partial charge >= 0.3 is 5.97 Å². The quantitative estimate of drug-likeness (QED) is 0.744. The number of primary amides is 1. The Kier molecular flexibility index (Phi) is 5.16. The summed E-state index contributed by atoms with van der Waals surface area (Å²) >= 11 is 0. The molecule has 2 N–H and O–H groups in total. The predicted molar refractivity (Wildman–Crippen MR) is 61.2 cm³/mol. The Bertz CT molecular complexity index is 403. The molecule has 0 fully saturated rings. The van der Waals surface area contributed by atoms with Gasteiger partial charge in [0.05, 0.1) is 18.6 Å². The summed E-state index contributed by atoms with van der Waals surface area (Å²) in [6, 6.07) is 6.94. The highest BCUT2D eigenvalue weighted by atomic mass is 16.5. The molecule has 0 bridgehead atoms. The van der Waals surface area contributed by atoms with Crippen molar-refractivity contribution in [2.24, 2.45) is 5.73 Å². The number of esters is 1. The molecule has 17 heavy (non-hydrogen) atoms. The zero-order chi connectivity index (χ0) is 12.7. The van der Waals surface area contributed by atoms with Crippen LogP contribution in [0.2, 0.25) is 0 Å². The lowest BCUT2D eigenvalue weighted by Crippen LogP contribution is -2.15. The Hall–Kier alpha value is -1.88. The van der Waals surface area contributed by atoms with Crippen LogP contribution in [0, 0.1) is 0 Å². The van der Waals surface area contributed by atoms with Crippen LogP contribution in [0.1, 0.15) is 22.3 Å². The summed E-state index contributed by atoms with van der Waals surface area (Å²) in [4.78, 5) is 22.0. The SMILES string of the molecule is COCc1cccc(C(=O)OCCC(N)=O)c1. The molecule has 0 aliphatic heterocycles. The van der Waals surface area contributed by atoms with Crippen molar-refractivity contribution in [2.75, 3.05) is 13.7 Å². The van der Waals surface area contributed by atoms with Gasteiger partial charge in [-0.15, -0.1) is 0 Å². The van der Waals surface area contributed by atoms with Gasteiger partial charge in [-0.25, -0.2) is 4.79 Å². The summed E-state index contributed by atoms with van der Waals surface area (Å²) in [5.41, 5.74) is 6.25. The second-order valence-corrected chi connectivity index (χ2v) is 3.49. The number of benzene rings is 1. The van der Waals surface area contributed by atoms with E-state index < -0.39 is 11.9 Å². The van der Waals surface area contributed by atoms with Gasteiger partial charge in [0.25, 0.3) is 0 Å². The third-order valence-electron chi connectivity index (χ3n) is 2.06. The van der Waals surface area contributed by atoms with E-state index in [0.29, 0.717) is 12.2 Å². The third-order valence-corrected chi connectivity index (χ3v) is 2.06. The van der Waals surface area contributed by atoms with Gasteiger partial charge in [-0.3, -0.25) is 4.79 Å². The van der Waals surface area contributed by atoms with E-state index in [9.17, 15) is 9.59 Å². The smallest absolute Gasteiger partial charge is 0.338 e. The lowest BCUT2D eigenvalue weighted by Gasteiger charge is -2.05. The summed E-state index contributed by atoms with van der Waals surface area (Å²) in [5, 5.41) is 0. The maximum absolute atomic E-state index is 11.6. The molecular weight excluding hydrogens is 222 g/mol. The molecule has 1 aromatic carbocycles. The van der Waals surface area contributed by atoms with E-state index in [1.165, 1.54) is 0 Å². The van der Waals surface area contributed by atoms with Gasteiger partial charge in [0.15, 0.2) is 0 Å². The van der Waals surface area contributed by atoms with Gasteiger partial charge in [-0.05, 0) is 17.7 Å². The monoisotopic (exact) mass is 237 g/mol. The van der Waals surface area contributed by atoms with Crippen LogP contribution in [0.25, 0.3) is 0 Å². The summed E-state index contributed by atoms with van der Waals surface area (Å²) < 4.78 is 9.85. The maximum Gasteiger partial charge on any atom is 0.338 e. The molecule has 1 amide bonds. The molecule has 0 heterocycles. The Morgan fingerprint density at radius 3 is 2.76 bits per heavy atom. The second kappa shape index (κ2) is 6.65. The second-order valence-electron chi connectivity index (χ2n) is 3.49. The van der Waals surface area contributed by atoms with Crippen LogP contribution in [0.3, 0.4) is 0 Å². The van der Waals surface area contributed by atoms with Crippen LogP contribution >= 0.6 is 0 Å². The van der Waals surface area contributed by atoms with E-state index in [2.05, 4.69) is 0 Å². The highest BCUT2D eigenvalue weighted by Crippen LogP contribution is 2.08. The van der Waals surface area contributed by atoms with Gasteiger partial charge in [0, 0.05) is 7.11 Å². The van der Waals surface area contributed by atoms with Gasteiger partial charge < -0.3 is 15.2 Å². The summed E-state index contributed by atoms with van der Waals surface area (Å²) in [7, 11) is 1.58. The number of hydrogen-bond donors (Lipinski definition) is 1. The first kappa shape index (κ1) is 13.2. The number of nitrogens with two attached hydrogens (primary N) is 1. The van der Waals surface area contributed by atoms with Crippen molar-refractivity contribution in [1.82, 2.24) is 0 Å². The van der Waals surface area contributed by atoms with Crippen LogP contribution in [-0.2, 0) is 20.9 Å². The minimum atomic E-state index is -0.495. The molecule has 0 aliphatic carbocycles. The van der Waals surface area contributed by atoms with E-state index in [1.807, 2.05) is 6.07 Å². The Morgan fingerprint density at radius 1 is 1.35 bits per heavy atom. The zero-order valence-electron chi connectivity index (χ0n) is 9.64. The topological polar surface area (TPSA) is 78.6 Å². The molecular formula is C12H15NO4. The molecule has 0 saturated heterocycles. The number of amides is 1. The molecule has 0 atom stereocenters. The average Bonchev–Trinajstić information content (AvgIpc) is 2.29. The third kappa shape index (κ3) is 4.65. The zero-order valence-corrected chi connectivity index (χ0v) is 9.64. The lowest BCUT2D eigenvalue weighted by molar-refractivity contribution is -0.118. The van der Waals surface area contributed by atoms with E-state index in [0.717, 1.165) is 5.56 Å². The lowest BCUT2D eigenvalue weighted by atomic mass is 10.1. The van der Waals surface area contributed by atoms with Gasteiger partial charge in [0.2, 0.25) is 5.91 Å². The minimum absolute atomic E-state index is 0.00265. The van der Waals surface area contributed by atoms with Crippen LogP contribution in [-0.4, -0.2) is 25.6 Å².